The highest BCUT2D eigenvalue weighted by molar-refractivity contribution is 5.76. The number of aromatic nitrogens is 2. The summed E-state index contributed by atoms with van der Waals surface area (Å²) in [5.41, 5.74) is 2.39. The van der Waals surface area contributed by atoms with Gasteiger partial charge >= 0.3 is 0 Å². The number of fused-ring (bicyclic) bond motifs is 1. The maximum atomic E-state index is 12.7. The van der Waals surface area contributed by atoms with Gasteiger partial charge in [0.05, 0.1) is 6.54 Å². The molecule has 0 radical (unpaired) electrons. The maximum absolute atomic E-state index is 12.7. The average Bonchev–Trinajstić information content (AvgIpc) is 3.12. The lowest BCUT2D eigenvalue weighted by molar-refractivity contribution is -0.132. The number of benzene rings is 2. The Hall–Kier alpha value is -3.15. The SMILES string of the molecule is O=C(CCc1nnc(CCCCc2ccccc2)o1)N1CCOc2ccccc2C1. The number of nitrogens with zero attached hydrogens (tertiary/aromatic N) is 3. The zero-order valence-corrected chi connectivity index (χ0v) is 17.1. The van der Waals surface area contributed by atoms with Crippen molar-refractivity contribution in [1.82, 2.24) is 15.1 Å². The van der Waals surface area contributed by atoms with Gasteiger partial charge in [0.15, 0.2) is 0 Å². The van der Waals surface area contributed by atoms with E-state index in [0.717, 1.165) is 37.0 Å². The smallest absolute Gasteiger partial charge is 0.223 e. The molecule has 1 amide bonds. The zero-order chi connectivity index (χ0) is 20.6. The molecule has 0 spiro atoms. The van der Waals surface area contributed by atoms with Crippen LogP contribution in [-0.4, -0.2) is 34.2 Å². The van der Waals surface area contributed by atoms with Crippen molar-refractivity contribution in [2.75, 3.05) is 13.2 Å². The zero-order valence-electron chi connectivity index (χ0n) is 17.1. The van der Waals surface area contributed by atoms with E-state index in [0.29, 0.717) is 44.3 Å². The van der Waals surface area contributed by atoms with Crippen LogP contribution in [0.1, 0.15) is 42.2 Å². The topological polar surface area (TPSA) is 68.5 Å². The summed E-state index contributed by atoms with van der Waals surface area (Å²) in [6.07, 6.45) is 4.74. The van der Waals surface area contributed by atoms with Crippen molar-refractivity contribution < 1.29 is 13.9 Å². The summed E-state index contributed by atoms with van der Waals surface area (Å²) in [5.74, 6) is 2.13. The molecule has 1 aliphatic heterocycles. The Morgan fingerprint density at radius 2 is 1.63 bits per heavy atom. The van der Waals surface area contributed by atoms with E-state index in [4.69, 9.17) is 9.15 Å². The van der Waals surface area contributed by atoms with Gasteiger partial charge in [-0.25, -0.2) is 0 Å². The third-order valence-corrected chi connectivity index (χ3v) is 5.32. The Balaban J connectivity index is 1.21. The van der Waals surface area contributed by atoms with Gasteiger partial charge in [-0.05, 0) is 30.9 Å². The molecule has 6 heteroatoms. The summed E-state index contributed by atoms with van der Waals surface area (Å²) < 4.78 is 11.5. The van der Waals surface area contributed by atoms with Gasteiger partial charge in [0.2, 0.25) is 17.7 Å². The lowest BCUT2D eigenvalue weighted by Gasteiger charge is -2.19. The Labute approximate surface area is 176 Å². The molecule has 2 aromatic carbocycles. The number of para-hydroxylation sites is 1. The molecule has 1 aliphatic rings. The van der Waals surface area contributed by atoms with E-state index in [1.807, 2.05) is 35.2 Å². The van der Waals surface area contributed by atoms with E-state index in [1.165, 1.54) is 5.56 Å². The molecule has 4 rings (SSSR count). The van der Waals surface area contributed by atoms with E-state index in [1.54, 1.807) is 0 Å². The number of unbranched alkanes of at least 4 members (excludes halogenated alkanes) is 1. The standard InChI is InChI=1S/C24H27N3O3/c28-24(27-16-17-29-21-12-6-5-11-20(21)18-27)15-14-23-26-25-22(30-23)13-7-4-10-19-8-2-1-3-9-19/h1-3,5-6,8-9,11-12H,4,7,10,13-18H2. The number of amides is 1. The Morgan fingerprint density at radius 3 is 2.50 bits per heavy atom. The summed E-state index contributed by atoms with van der Waals surface area (Å²) in [4.78, 5) is 14.5. The van der Waals surface area contributed by atoms with Crippen LogP contribution in [0.15, 0.2) is 59.0 Å². The van der Waals surface area contributed by atoms with E-state index in [-0.39, 0.29) is 5.91 Å². The molecule has 156 valence electrons. The number of carbonyl (C=O) groups excluding carboxylic acids is 1. The van der Waals surface area contributed by atoms with Crippen molar-refractivity contribution in [3.05, 3.63) is 77.5 Å². The van der Waals surface area contributed by atoms with Gasteiger partial charge in [-0.2, -0.15) is 0 Å². The van der Waals surface area contributed by atoms with Crippen molar-refractivity contribution in [1.29, 1.82) is 0 Å². The number of aryl methyl sites for hydroxylation is 3. The van der Waals surface area contributed by atoms with Crippen LogP contribution >= 0.6 is 0 Å². The molecule has 2 heterocycles. The monoisotopic (exact) mass is 405 g/mol. The number of hydrogen-bond acceptors (Lipinski definition) is 5. The van der Waals surface area contributed by atoms with Crippen LogP contribution in [0, 0.1) is 0 Å². The van der Waals surface area contributed by atoms with E-state index in [9.17, 15) is 4.79 Å². The molecular formula is C24H27N3O3. The molecule has 3 aromatic rings. The predicted molar refractivity (Wildman–Crippen MR) is 113 cm³/mol. The average molecular weight is 405 g/mol. The molecule has 0 aliphatic carbocycles. The summed E-state index contributed by atoms with van der Waals surface area (Å²) in [7, 11) is 0. The lowest BCUT2D eigenvalue weighted by atomic mass is 10.1. The minimum Gasteiger partial charge on any atom is -0.491 e. The lowest BCUT2D eigenvalue weighted by Crippen LogP contribution is -2.32. The highest BCUT2D eigenvalue weighted by Gasteiger charge is 2.20. The highest BCUT2D eigenvalue weighted by Crippen LogP contribution is 2.23. The molecule has 1 aromatic heterocycles. The Morgan fingerprint density at radius 1 is 0.900 bits per heavy atom. The van der Waals surface area contributed by atoms with Crippen LogP contribution < -0.4 is 4.74 Å². The maximum Gasteiger partial charge on any atom is 0.223 e. The second-order valence-electron chi connectivity index (χ2n) is 7.55. The molecule has 0 N–H and O–H groups in total. The first-order valence-electron chi connectivity index (χ1n) is 10.6. The van der Waals surface area contributed by atoms with Crippen molar-refractivity contribution in [2.24, 2.45) is 0 Å². The largest absolute Gasteiger partial charge is 0.491 e. The first kappa shape index (κ1) is 20.1. The molecule has 30 heavy (non-hydrogen) atoms. The van der Waals surface area contributed by atoms with Crippen molar-refractivity contribution in [3.63, 3.8) is 0 Å². The molecule has 0 bridgehead atoms. The van der Waals surface area contributed by atoms with Gasteiger partial charge in [0.1, 0.15) is 12.4 Å². The first-order chi connectivity index (χ1) is 14.8. The van der Waals surface area contributed by atoms with Crippen LogP contribution in [0.25, 0.3) is 0 Å². The Kier molecular flexibility index (Phi) is 6.75. The number of ether oxygens (including phenoxy) is 1. The second-order valence-corrected chi connectivity index (χ2v) is 7.55. The van der Waals surface area contributed by atoms with Crippen LogP contribution in [0.2, 0.25) is 0 Å². The fourth-order valence-electron chi connectivity index (χ4n) is 3.65. The van der Waals surface area contributed by atoms with Crippen LogP contribution in [0.3, 0.4) is 0 Å². The van der Waals surface area contributed by atoms with Crippen molar-refractivity contribution in [2.45, 2.75) is 45.1 Å². The van der Waals surface area contributed by atoms with Crippen LogP contribution in [0.4, 0.5) is 0 Å². The van der Waals surface area contributed by atoms with Gasteiger partial charge in [-0.3, -0.25) is 4.79 Å². The van der Waals surface area contributed by atoms with Gasteiger partial charge in [0, 0.05) is 31.4 Å². The van der Waals surface area contributed by atoms with Gasteiger partial charge in [-0.1, -0.05) is 48.5 Å². The number of rotatable bonds is 8. The molecule has 0 atom stereocenters. The fourth-order valence-corrected chi connectivity index (χ4v) is 3.65. The van der Waals surface area contributed by atoms with E-state index >= 15 is 0 Å². The summed E-state index contributed by atoms with van der Waals surface area (Å²) in [6, 6.07) is 18.3. The van der Waals surface area contributed by atoms with Gasteiger partial charge in [0.25, 0.3) is 0 Å². The summed E-state index contributed by atoms with van der Waals surface area (Å²) in [6.45, 7) is 1.67. The van der Waals surface area contributed by atoms with Crippen LogP contribution in [-0.2, 0) is 30.6 Å². The number of carbonyl (C=O) groups is 1. The van der Waals surface area contributed by atoms with Crippen molar-refractivity contribution >= 4 is 5.91 Å². The van der Waals surface area contributed by atoms with Crippen molar-refractivity contribution in [3.8, 4) is 5.75 Å². The molecule has 0 saturated carbocycles. The predicted octanol–water partition coefficient (Wildman–Crippen LogP) is 3.99. The molecule has 0 saturated heterocycles. The van der Waals surface area contributed by atoms with Crippen LogP contribution in [0.5, 0.6) is 5.75 Å². The first-order valence-corrected chi connectivity index (χ1v) is 10.6. The van der Waals surface area contributed by atoms with E-state index < -0.39 is 0 Å². The number of hydrogen-bond donors (Lipinski definition) is 0. The highest BCUT2D eigenvalue weighted by atomic mass is 16.5. The van der Waals surface area contributed by atoms with Gasteiger partial charge in [-0.15, -0.1) is 10.2 Å². The molecule has 0 fully saturated rings. The second kappa shape index (κ2) is 10.1. The Bertz CT molecular complexity index is 955. The third kappa shape index (κ3) is 5.47. The minimum atomic E-state index is 0.0814. The van der Waals surface area contributed by atoms with E-state index in [2.05, 4.69) is 34.5 Å². The minimum absolute atomic E-state index is 0.0814. The molecule has 0 unspecified atom stereocenters. The molecular weight excluding hydrogens is 378 g/mol. The third-order valence-electron chi connectivity index (χ3n) is 5.32. The van der Waals surface area contributed by atoms with Gasteiger partial charge < -0.3 is 14.1 Å². The quantitative estimate of drug-likeness (QED) is 0.530. The molecule has 6 nitrogen and oxygen atoms in total. The fraction of sp³-hybridized carbons (Fsp3) is 0.375. The normalized spacial score (nSPS) is 13.4. The summed E-state index contributed by atoms with van der Waals surface area (Å²) >= 11 is 0. The summed E-state index contributed by atoms with van der Waals surface area (Å²) in [5, 5.41) is 8.25.